The molecule has 23 heteroatoms. The maximum Gasteiger partial charge on any atom is 0.327 e. The number of phenolic OH excluding ortho intramolecular Hbond substituents is 1. The number of amides is 7. The first-order valence-electron chi connectivity index (χ1n) is 23.9. The minimum absolute atomic E-state index is 0.00154. The molecule has 1 aliphatic heterocycles. The van der Waals surface area contributed by atoms with Crippen molar-refractivity contribution in [3.05, 3.63) is 102 Å². The molecule has 402 valence electrons. The number of carbonyl (C=O) groups excluding carboxylic acids is 7. The van der Waals surface area contributed by atoms with Gasteiger partial charge in [-0.2, -0.15) is 0 Å². The number of aromatic hydroxyl groups is 1. The van der Waals surface area contributed by atoms with Crippen molar-refractivity contribution >= 4 is 59.2 Å². The smallest absolute Gasteiger partial charge is 0.327 e. The molecule has 1 saturated heterocycles. The average Bonchev–Trinajstić information content (AvgIpc) is 3.35. The standard InChI is InChI=1S/C51H70N10O13/c1-27(24-28(2)40(74-7)26-33-12-9-8-10-13-33)15-20-36-29(3)43(64)59-38(49(70)71)21-22-41(63)55-31(5)45(66)56-32(6)46(67)60-39(25-34-16-18-35(62)19-17-34)48(69)61-42(50(72)73)30(4)44(65)58-37(47(68)57-36)14-11-23-54-51(52)53/h8-10,12-13,15-20,24,28-30,32,36-40,42,62H,5,11,14,21-23,25-26H2,1-4,6-7H3,(H,55,63)(H,56,66)(H,57,68)(H,58,65)(H,59,64)(H,60,67)(H,61,69)(H,70,71)(H,72,73)(H4,52,53,54)/b20-15+,27-24+/t28-,29-,30-,32+,36-,37-,38+,39-,40-,42+/m0/s1. The van der Waals surface area contributed by atoms with E-state index in [0.29, 0.717) is 17.6 Å². The Labute approximate surface area is 429 Å². The monoisotopic (exact) mass is 1030 g/mol. The van der Waals surface area contributed by atoms with E-state index in [1.54, 1.807) is 20.1 Å². The van der Waals surface area contributed by atoms with Crippen LogP contribution >= 0.6 is 0 Å². The maximum atomic E-state index is 14.4. The second kappa shape index (κ2) is 29.4. The number of phenols is 1. The maximum absolute atomic E-state index is 14.4. The Morgan fingerprint density at radius 1 is 0.797 bits per heavy atom. The highest BCUT2D eigenvalue weighted by molar-refractivity contribution is 6.00. The number of hydrogen-bond acceptors (Lipinski definition) is 12. The molecule has 14 N–H and O–H groups in total. The number of ether oxygens (including phenoxy) is 1. The first kappa shape index (κ1) is 60.2. The van der Waals surface area contributed by atoms with E-state index in [-0.39, 0.29) is 49.5 Å². The summed E-state index contributed by atoms with van der Waals surface area (Å²) in [6.45, 7) is 11.1. The van der Waals surface area contributed by atoms with Crippen LogP contribution in [0.25, 0.3) is 0 Å². The van der Waals surface area contributed by atoms with Crippen molar-refractivity contribution in [1.82, 2.24) is 37.2 Å². The van der Waals surface area contributed by atoms with Crippen LogP contribution in [-0.2, 0) is 60.7 Å². The fraction of sp³-hybridized carbons (Fsp3) is 0.451. The van der Waals surface area contributed by atoms with Gasteiger partial charge in [-0.1, -0.05) is 93.6 Å². The number of benzene rings is 2. The van der Waals surface area contributed by atoms with Gasteiger partial charge in [0.2, 0.25) is 35.4 Å². The SMILES string of the molecule is C=C1NC(=O)CC[C@H](C(=O)O)NC(=O)[C@@H](C)[C@H](/C=C/C(C)=C/[C@H](C)[C@H](Cc2ccccc2)OC)NC(=O)[C@H](CCCN=C(N)N)NC(=O)[C@@H](C)[C@H](C(=O)O)NC(=O)[C@H](Cc2ccc(O)cc2)NC(=O)[C@@H](C)NC1=O. The summed E-state index contributed by atoms with van der Waals surface area (Å²) in [5, 5.41) is 47.4. The third kappa shape index (κ3) is 19.8. The largest absolute Gasteiger partial charge is 0.508 e. The highest BCUT2D eigenvalue weighted by Crippen LogP contribution is 2.19. The normalized spacial score (nSPS) is 24.5. The van der Waals surface area contributed by atoms with Gasteiger partial charge in [0.05, 0.1) is 29.7 Å². The molecule has 7 amide bonds. The predicted molar refractivity (Wildman–Crippen MR) is 272 cm³/mol. The Bertz CT molecular complexity index is 2420. The van der Waals surface area contributed by atoms with Crippen LogP contribution in [0.4, 0.5) is 0 Å². The number of hydrogen-bond donors (Lipinski definition) is 12. The molecular weight excluding hydrogens is 961 g/mol. The molecule has 2 aromatic rings. The lowest BCUT2D eigenvalue weighted by molar-refractivity contribution is -0.146. The lowest BCUT2D eigenvalue weighted by atomic mass is 9.94. The number of nitrogens with one attached hydrogen (secondary N) is 7. The van der Waals surface area contributed by atoms with Crippen molar-refractivity contribution in [3.63, 3.8) is 0 Å². The molecule has 2 aromatic carbocycles. The van der Waals surface area contributed by atoms with Crippen LogP contribution in [0.5, 0.6) is 5.75 Å². The van der Waals surface area contributed by atoms with Gasteiger partial charge in [-0.25, -0.2) is 9.59 Å². The minimum atomic E-state index is -1.96. The van der Waals surface area contributed by atoms with Crippen molar-refractivity contribution in [2.45, 2.75) is 115 Å². The van der Waals surface area contributed by atoms with E-state index >= 15 is 0 Å². The molecule has 1 aliphatic rings. The minimum Gasteiger partial charge on any atom is -0.508 e. The van der Waals surface area contributed by atoms with E-state index in [0.717, 1.165) is 5.56 Å². The molecular formula is C51H70N10O13. The summed E-state index contributed by atoms with van der Waals surface area (Å²) in [4.78, 5) is 125. The van der Waals surface area contributed by atoms with Gasteiger partial charge in [0.25, 0.3) is 5.91 Å². The quantitative estimate of drug-likeness (QED) is 0.0372. The van der Waals surface area contributed by atoms with Crippen molar-refractivity contribution in [2.75, 3.05) is 13.7 Å². The first-order chi connectivity index (χ1) is 34.9. The van der Waals surface area contributed by atoms with Crippen LogP contribution in [0.15, 0.2) is 95.7 Å². The Balaban J connectivity index is 2.12. The summed E-state index contributed by atoms with van der Waals surface area (Å²) in [7, 11) is 1.60. The Morgan fingerprint density at radius 2 is 1.42 bits per heavy atom. The van der Waals surface area contributed by atoms with Crippen molar-refractivity contribution in [1.29, 1.82) is 0 Å². The fourth-order valence-corrected chi connectivity index (χ4v) is 7.66. The molecule has 74 heavy (non-hydrogen) atoms. The zero-order chi connectivity index (χ0) is 55.2. The molecule has 10 atom stereocenters. The number of aliphatic imine (C=N–C) groups is 1. The second-order valence-corrected chi connectivity index (χ2v) is 18.1. The number of carbonyl (C=O) groups is 9. The van der Waals surface area contributed by atoms with Crippen molar-refractivity contribution in [2.24, 2.45) is 34.2 Å². The van der Waals surface area contributed by atoms with Crippen LogP contribution in [0.3, 0.4) is 0 Å². The summed E-state index contributed by atoms with van der Waals surface area (Å²) < 4.78 is 5.81. The number of carboxylic acids is 2. The molecule has 1 heterocycles. The molecule has 0 radical (unpaired) electrons. The van der Waals surface area contributed by atoms with Crippen LogP contribution in [0, 0.1) is 17.8 Å². The Morgan fingerprint density at radius 3 is 2.03 bits per heavy atom. The van der Waals surface area contributed by atoms with Gasteiger partial charge in [0, 0.05) is 32.4 Å². The number of aliphatic carboxylic acids is 2. The number of nitrogens with two attached hydrogens (primary N) is 2. The van der Waals surface area contributed by atoms with E-state index < -0.39 is 120 Å². The van der Waals surface area contributed by atoms with Gasteiger partial charge in [-0.15, -0.1) is 0 Å². The van der Waals surface area contributed by atoms with Gasteiger partial charge in [-0.3, -0.25) is 38.6 Å². The van der Waals surface area contributed by atoms with Crippen molar-refractivity contribution in [3.8, 4) is 5.75 Å². The summed E-state index contributed by atoms with van der Waals surface area (Å²) in [5.41, 5.74) is 12.6. The zero-order valence-electron chi connectivity index (χ0n) is 42.4. The number of allylic oxidation sites excluding steroid dienone is 2. The second-order valence-electron chi connectivity index (χ2n) is 18.1. The summed E-state index contributed by atoms with van der Waals surface area (Å²) in [6.07, 6.45) is 4.15. The molecule has 0 spiro atoms. The molecule has 1 fully saturated rings. The first-order valence-corrected chi connectivity index (χ1v) is 23.9. The Kier molecular flexibility index (Phi) is 24.0. The average molecular weight is 1030 g/mol. The van der Waals surface area contributed by atoms with Gasteiger partial charge in [0.1, 0.15) is 36.0 Å². The molecule has 23 nitrogen and oxygen atoms in total. The van der Waals surface area contributed by atoms with Crippen LogP contribution in [0.1, 0.15) is 71.4 Å². The van der Waals surface area contributed by atoms with E-state index in [1.807, 2.05) is 43.3 Å². The van der Waals surface area contributed by atoms with E-state index in [9.17, 15) is 58.5 Å². The third-order valence-corrected chi connectivity index (χ3v) is 12.2. The van der Waals surface area contributed by atoms with Crippen LogP contribution in [-0.4, -0.2) is 131 Å². The molecule has 0 aliphatic carbocycles. The van der Waals surface area contributed by atoms with E-state index in [1.165, 1.54) is 51.1 Å². The summed E-state index contributed by atoms with van der Waals surface area (Å²) in [6, 6.07) is 6.04. The van der Waals surface area contributed by atoms with Crippen LogP contribution < -0.4 is 48.7 Å². The zero-order valence-corrected chi connectivity index (χ0v) is 42.4. The van der Waals surface area contributed by atoms with E-state index in [4.69, 9.17) is 16.2 Å². The number of carboxylic acid groups (broad SMARTS) is 2. The topological polar surface area (TPSA) is 372 Å². The highest BCUT2D eigenvalue weighted by atomic mass is 16.5. The van der Waals surface area contributed by atoms with Gasteiger partial charge in [0.15, 0.2) is 5.96 Å². The number of methoxy groups -OCH3 is 1. The van der Waals surface area contributed by atoms with Gasteiger partial charge >= 0.3 is 11.9 Å². The van der Waals surface area contributed by atoms with E-state index in [2.05, 4.69) is 48.8 Å². The molecule has 0 bridgehead atoms. The number of rotatable bonds is 15. The van der Waals surface area contributed by atoms with Gasteiger partial charge in [-0.05, 0) is 62.8 Å². The molecule has 0 unspecified atom stereocenters. The Hall–Kier alpha value is -8.08. The molecule has 0 saturated carbocycles. The van der Waals surface area contributed by atoms with Gasteiger partial charge < -0.3 is 68.7 Å². The fourth-order valence-electron chi connectivity index (χ4n) is 7.66. The van der Waals surface area contributed by atoms with Crippen LogP contribution in [0.2, 0.25) is 0 Å². The lowest BCUT2D eigenvalue weighted by Gasteiger charge is -2.28. The van der Waals surface area contributed by atoms with Crippen molar-refractivity contribution < 1.29 is 63.2 Å². The summed E-state index contributed by atoms with van der Waals surface area (Å²) >= 11 is 0. The molecule has 0 aromatic heterocycles. The summed E-state index contributed by atoms with van der Waals surface area (Å²) in [5.74, 6) is -13.1. The predicted octanol–water partition coefficient (Wildman–Crippen LogP) is 0.178. The third-order valence-electron chi connectivity index (χ3n) is 12.2. The molecule has 3 rings (SSSR count). The highest BCUT2D eigenvalue weighted by Gasteiger charge is 2.37. The number of guanidine groups is 1. The lowest BCUT2D eigenvalue weighted by Crippen LogP contribution is -2.59. The number of nitrogens with zero attached hydrogens (tertiary/aromatic N) is 1.